The monoisotopic (exact) mass is 205 g/mol. The van der Waals surface area contributed by atoms with E-state index in [0.29, 0.717) is 6.10 Å². The number of hydrogen-bond donors (Lipinski definition) is 1. The molecule has 1 saturated carbocycles. The molecule has 15 heavy (non-hydrogen) atoms. The SMILES string of the molecule is CC[C@H](N)c1ccc(OC2CCC2)cc1. The van der Waals surface area contributed by atoms with Crippen molar-refractivity contribution in [2.45, 2.75) is 44.8 Å². The lowest BCUT2D eigenvalue weighted by atomic mass is 9.96. The van der Waals surface area contributed by atoms with E-state index in [1.54, 1.807) is 0 Å². The van der Waals surface area contributed by atoms with Crippen LogP contribution in [-0.2, 0) is 0 Å². The van der Waals surface area contributed by atoms with Crippen molar-refractivity contribution in [3.05, 3.63) is 29.8 Å². The highest BCUT2D eigenvalue weighted by Crippen LogP contribution is 2.26. The van der Waals surface area contributed by atoms with Crippen molar-refractivity contribution >= 4 is 0 Å². The molecule has 2 rings (SSSR count). The zero-order chi connectivity index (χ0) is 10.7. The Labute approximate surface area is 91.4 Å². The van der Waals surface area contributed by atoms with Gasteiger partial charge in [-0.25, -0.2) is 0 Å². The Balaban J connectivity index is 1.96. The minimum atomic E-state index is 0.155. The van der Waals surface area contributed by atoms with E-state index in [4.69, 9.17) is 10.5 Å². The topological polar surface area (TPSA) is 35.2 Å². The summed E-state index contributed by atoms with van der Waals surface area (Å²) >= 11 is 0. The van der Waals surface area contributed by atoms with Crippen LogP contribution in [0.4, 0.5) is 0 Å². The first kappa shape index (κ1) is 10.5. The molecule has 0 bridgehead atoms. The summed E-state index contributed by atoms with van der Waals surface area (Å²) in [6.07, 6.45) is 5.15. The third-order valence-corrected chi connectivity index (χ3v) is 3.10. The molecule has 1 aliphatic carbocycles. The van der Waals surface area contributed by atoms with Gasteiger partial charge in [0.05, 0.1) is 6.10 Å². The van der Waals surface area contributed by atoms with Crippen molar-refractivity contribution in [1.29, 1.82) is 0 Å². The second-order valence-electron chi connectivity index (χ2n) is 4.25. The Morgan fingerprint density at radius 2 is 2.00 bits per heavy atom. The third kappa shape index (κ3) is 2.51. The molecule has 1 aliphatic rings. The quantitative estimate of drug-likeness (QED) is 0.820. The lowest BCUT2D eigenvalue weighted by Gasteiger charge is -2.26. The van der Waals surface area contributed by atoms with E-state index in [1.165, 1.54) is 24.8 Å². The smallest absolute Gasteiger partial charge is 0.119 e. The predicted molar refractivity (Wildman–Crippen MR) is 61.9 cm³/mol. The van der Waals surface area contributed by atoms with Crippen molar-refractivity contribution in [1.82, 2.24) is 0 Å². The van der Waals surface area contributed by atoms with Crippen LogP contribution in [0.3, 0.4) is 0 Å². The molecule has 1 aromatic rings. The summed E-state index contributed by atoms with van der Waals surface area (Å²) in [6, 6.07) is 8.36. The van der Waals surface area contributed by atoms with Crippen LogP contribution in [0.2, 0.25) is 0 Å². The maximum atomic E-state index is 5.94. The summed E-state index contributed by atoms with van der Waals surface area (Å²) in [7, 11) is 0. The summed E-state index contributed by atoms with van der Waals surface area (Å²) in [4.78, 5) is 0. The van der Waals surface area contributed by atoms with Gasteiger partial charge in [-0.15, -0.1) is 0 Å². The Morgan fingerprint density at radius 1 is 1.33 bits per heavy atom. The number of ether oxygens (including phenoxy) is 1. The molecule has 0 aromatic heterocycles. The van der Waals surface area contributed by atoms with Crippen LogP contribution in [0.1, 0.15) is 44.2 Å². The molecule has 1 atom stereocenters. The second-order valence-corrected chi connectivity index (χ2v) is 4.25. The van der Waals surface area contributed by atoms with Crippen LogP contribution < -0.4 is 10.5 Å². The lowest BCUT2D eigenvalue weighted by molar-refractivity contribution is 0.120. The molecule has 0 aliphatic heterocycles. The van der Waals surface area contributed by atoms with E-state index in [-0.39, 0.29) is 6.04 Å². The zero-order valence-corrected chi connectivity index (χ0v) is 9.28. The summed E-state index contributed by atoms with van der Waals surface area (Å²) < 4.78 is 5.78. The fourth-order valence-electron chi connectivity index (χ4n) is 1.71. The van der Waals surface area contributed by atoms with Gasteiger partial charge in [0.2, 0.25) is 0 Å². The highest BCUT2D eigenvalue weighted by Gasteiger charge is 2.18. The van der Waals surface area contributed by atoms with Gasteiger partial charge in [0.25, 0.3) is 0 Å². The Kier molecular flexibility index (Phi) is 3.27. The van der Waals surface area contributed by atoms with Gasteiger partial charge in [-0.1, -0.05) is 19.1 Å². The molecule has 0 spiro atoms. The number of hydrogen-bond acceptors (Lipinski definition) is 2. The standard InChI is InChI=1S/C13H19NO/c1-2-13(14)10-6-8-12(9-7-10)15-11-4-3-5-11/h6-9,11,13H,2-5,14H2,1H3/t13-/m0/s1. The molecule has 0 radical (unpaired) electrons. The first-order valence-electron chi connectivity index (χ1n) is 5.82. The molecule has 0 saturated heterocycles. The van der Waals surface area contributed by atoms with Gasteiger partial charge in [-0.2, -0.15) is 0 Å². The van der Waals surface area contributed by atoms with E-state index in [0.717, 1.165) is 12.2 Å². The summed E-state index contributed by atoms with van der Waals surface area (Å²) in [5, 5.41) is 0. The van der Waals surface area contributed by atoms with Crippen LogP contribution >= 0.6 is 0 Å². The number of benzene rings is 1. The molecular weight excluding hydrogens is 186 g/mol. The lowest BCUT2D eigenvalue weighted by Crippen LogP contribution is -2.24. The molecule has 2 nitrogen and oxygen atoms in total. The summed E-state index contributed by atoms with van der Waals surface area (Å²) in [5.74, 6) is 0.978. The Bertz CT molecular complexity index is 303. The summed E-state index contributed by atoms with van der Waals surface area (Å²) in [6.45, 7) is 2.10. The van der Waals surface area contributed by atoms with Crippen molar-refractivity contribution in [2.24, 2.45) is 5.73 Å². The van der Waals surface area contributed by atoms with E-state index < -0.39 is 0 Å². The van der Waals surface area contributed by atoms with Crippen LogP contribution in [-0.4, -0.2) is 6.10 Å². The molecule has 1 fully saturated rings. The molecule has 0 heterocycles. The maximum Gasteiger partial charge on any atom is 0.119 e. The van der Waals surface area contributed by atoms with Crippen LogP contribution in [0.25, 0.3) is 0 Å². The van der Waals surface area contributed by atoms with Crippen molar-refractivity contribution in [2.75, 3.05) is 0 Å². The average Bonchev–Trinajstić information content (AvgIpc) is 2.23. The van der Waals surface area contributed by atoms with E-state index in [2.05, 4.69) is 19.1 Å². The fraction of sp³-hybridized carbons (Fsp3) is 0.538. The normalized spacial score (nSPS) is 18.3. The minimum absolute atomic E-state index is 0.155. The summed E-state index contributed by atoms with van der Waals surface area (Å²) in [5.41, 5.74) is 7.14. The molecular formula is C13H19NO. The fourth-order valence-corrected chi connectivity index (χ4v) is 1.71. The highest BCUT2D eigenvalue weighted by molar-refractivity contribution is 5.29. The molecule has 0 amide bonds. The predicted octanol–water partition coefficient (Wildman–Crippen LogP) is 3.03. The van der Waals surface area contributed by atoms with Crippen LogP contribution in [0, 0.1) is 0 Å². The van der Waals surface area contributed by atoms with E-state index in [9.17, 15) is 0 Å². The van der Waals surface area contributed by atoms with Crippen LogP contribution in [0.5, 0.6) is 5.75 Å². The molecule has 82 valence electrons. The number of rotatable bonds is 4. The van der Waals surface area contributed by atoms with Gasteiger partial charge >= 0.3 is 0 Å². The van der Waals surface area contributed by atoms with Gasteiger partial charge in [0, 0.05) is 6.04 Å². The van der Waals surface area contributed by atoms with Crippen molar-refractivity contribution in [3.8, 4) is 5.75 Å². The first-order chi connectivity index (χ1) is 7.29. The number of nitrogens with two attached hydrogens (primary N) is 1. The van der Waals surface area contributed by atoms with Gasteiger partial charge in [0.1, 0.15) is 5.75 Å². The van der Waals surface area contributed by atoms with Crippen LogP contribution in [0.15, 0.2) is 24.3 Å². The highest BCUT2D eigenvalue weighted by atomic mass is 16.5. The molecule has 1 aromatic carbocycles. The molecule has 2 heteroatoms. The Hall–Kier alpha value is -1.02. The van der Waals surface area contributed by atoms with E-state index in [1.807, 2.05) is 12.1 Å². The van der Waals surface area contributed by atoms with Gasteiger partial charge < -0.3 is 10.5 Å². The molecule has 0 unspecified atom stereocenters. The van der Waals surface area contributed by atoms with E-state index >= 15 is 0 Å². The largest absolute Gasteiger partial charge is 0.490 e. The van der Waals surface area contributed by atoms with Gasteiger partial charge in [0.15, 0.2) is 0 Å². The van der Waals surface area contributed by atoms with Gasteiger partial charge in [-0.3, -0.25) is 0 Å². The minimum Gasteiger partial charge on any atom is -0.490 e. The molecule has 2 N–H and O–H groups in total. The maximum absolute atomic E-state index is 5.94. The first-order valence-corrected chi connectivity index (χ1v) is 5.82. The van der Waals surface area contributed by atoms with Crippen molar-refractivity contribution < 1.29 is 4.74 Å². The van der Waals surface area contributed by atoms with Gasteiger partial charge in [-0.05, 0) is 43.4 Å². The third-order valence-electron chi connectivity index (χ3n) is 3.10. The Morgan fingerprint density at radius 3 is 2.47 bits per heavy atom. The van der Waals surface area contributed by atoms with Crippen molar-refractivity contribution in [3.63, 3.8) is 0 Å². The zero-order valence-electron chi connectivity index (χ0n) is 9.28. The average molecular weight is 205 g/mol. The second kappa shape index (κ2) is 4.67.